The number of piperidine rings is 1. The Kier molecular flexibility index (Phi) is 13.4. The first-order valence-electron chi connectivity index (χ1n) is 17.2. The number of hydrogen-bond acceptors (Lipinski definition) is 8. The van der Waals surface area contributed by atoms with E-state index in [9.17, 15) is 23.2 Å². The Morgan fingerprint density at radius 2 is 1.54 bits per heavy atom. The summed E-state index contributed by atoms with van der Waals surface area (Å²) >= 11 is 6.83. The largest absolute Gasteiger partial charge is 0.355 e. The molecule has 1 aliphatic heterocycles. The zero-order valence-corrected chi connectivity index (χ0v) is 29.7. The number of nitrogens with zero attached hydrogens (tertiary/aromatic N) is 3. The van der Waals surface area contributed by atoms with Gasteiger partial charge in [0.1, 0.15) is 11.4 Å². The highest BCUT2D eigenvalue weighted by Gasteiger charge is 2.35. The number of nitrogens with two attached hydrogens (primary N) is 1. The molecule has 0 bridgehead atoms. The topological polar surface area (TPSA) is 154 Å². The van der Waals surface area contributed by atoms with Crippen molar-refractivity contribution in [1.29, 1.82) is 0 Å². The van der Waals surface area contributed by atoms with Crippen LogP contribution in [0.1, 0.15) is 63.4 Å². The van der Waals surface area contributed by atoms with Crippen molar-refractivity contribution in [3.8, 4) is 11.1 Å². The highest BCUT2D eigenvalue weighted by molar-refractivity contribution is 6.36. The number of aromatic nitrogens is 2. The molecule has 11 nitrogen and oxygen atoms in total. The normalized spacial score (nSPS) is 14.1. The lowest BCUT2D eigenvalue weighted by Crippen LogP contribution is -2.42. The zero-order chi connectivity index (χ0) is 37.1. The van der Waals surface area contributed by atoms with Crippen LogP contribution in [0.4, 0.5) is 20.2 Å². The van der Waals surface area contributed by atoms with Gasteiger partial charge in [-0.1, -0.05) is 48.0 Å². The molecule has 1 saturated heterocycles. The number of benzene rings is 2. The number of anilines is 2. The molecule has 14 heteroatoms. The maximum absolute atomic E-state index is 13.8. The number of carbonyl (C=O) groups excluding carboxylic acids is 3. The molecular weight excluding hydrogens is 690 g/mol. The van der Waals surface area contributed by atoms with Crippen molar-refractivity contribution in [2.24, 2.45) is 5.73 Å². The average molecular weight is 733 g/mol. The van der Waals surface area contributed by atoms with Crippen molar-refractivity contribution in [3.63, 3.8) is 0 Å². The minimum absolute atomic E-state index is 0.0209. The summed E-state index contributed by atoms with van der Waals surface area (Å²) in [6, 6.07) is 17.5. The van der Waals surface area contributed by atoms with Crippen molar-refractivity contribution in [3.05, 3.63) is 106 Å². The number of hydrogen-bond donors (Lipinski definition) is 5. The van der Waals surface area contributed by atoms with E-state index in [1.54, 1.807) is 53.6 Å². The third-order valence-electron chi connectivity index (χ3n) is 8.67. The number of nitrogens with one attached hydrogen (secondary N) is 4. The molecular formula is C38H43ClF2N8O3. The number of rotatable bonds is 15. The molecule has 52 heavy (non-hydrogen) atoms. The fraction of sp³-hybridized carbons (Fsp3) is 0.342. The van der Waals surface area contributed by atoms with E-state index in [0.29, 0.717) is 80.5 Å². The van der Waals surface area contributed by atoms with Crippen molar-refractivity contribution >= 4 is 40.7 Å². The predicted molar refractivity (Wildman–Crippen MR) is 198 cm³/mol. The number of amides is 3. The van der Waals surface area contributed by atoms with Crippen LogP contribution in [-0.4, -0.2) is 71.2 Å². The lowest BCUT2D eigenvalue weighted by Gasteiger charge is -2.32. The van der Waals surface area contributed by atoms with Crippen LogP contribution in [0, 0.1) is 6.92 Å². The highest BCUT2D eigenvalue weighted by Crippen LogP contribution is 2.37. The molecule has 6 N–H and O–H groups in total. The van der Waals surface area contributed by atoms with Gasteiger partial charge < -0.3 is 27.0 Å². The van der Waals surface area contributed by atoms with Gasteiger partial charge in [0.05, 0.1) is 17.3 Å². The van der Waals surface area contributed by atoms with Gasteiger partial charge in [0, 0.05) is 62.7 Å². The maximum Gasteiger partial charge on any atom is 0.274 e. The summed E-state index contributed by atoms with van der Waals surface area (Å²) in [6.07, 6.45) is 4.58. The minimum Gasteiger partial charge on any atom is -0.355 e. The van der Waals surface area contributed by atoms with Gasteiger partial charge in [-0.2, -0.15) is 0 Å². The Bertz CT molecular complexity index is 1860. The van der Waals surface area contributed by atoms with E-state index >= 15 is 0 Å². The number of pyridine rings is 2. The highest BCUT2D eigenvalue weighted by atomic mass is 35.5. The standard InChI is InChI=1S/C38H43ClF2N8O3/c1-25-28(6-2-8-30(25)47-36(51)32-13-11-26(21-45-32)20-43-17-18-44-34(50)10-4-16-42)29-7-3-9-31(35(29)39)48-37(52)33-14-12-27(22-46-33)23-49-19-5-15-38(40,41)24-49/h2-3,6-9,11-14,21-22,43H,4-5,10,15-20,23-24,42H2,1H3,(H,44,50)(H,47,51)(H,48,52). The Hall–Kier alpha value is -4.82. The monoisotopic (exact) mass is 732 g/mol. The van der Waals surface area contributed by atoms with Crippen molar-refractivity contribution in [1.82, 2.24) is 25.5 Å². The predicted octanol–water partition coefficient (Wildman–Crippen LogP) is 5.79. The van der Waals surface area contributed by atoms with E-state index in [1.165, 1.54) is 6.20 Å². The summed E-state index contributed by atoms with van der Waals surface area (Å²) in [6.45, 7) is 4.61. The molecule has 0 spiro atoms. The molecule has 4 aromatic rings. The number of halogens is 3. The van der Waals surface area contributed by atoms with Gasteiger partial charge >= 0.3 is 0 Å². The molecule has 0 atom stereocenters. The summed E-state index contributed by atoms with van der Waals surface area (Å²) in [5.41, 5.74) is 10.6. The van der Waals surface area contributed by atoms with Gasteiger partial charge in [0.25, 0.3) is 17.7 Å². The Morgan fingerprint density at radius 1 is 0.885 bits per heavy atom. The van der Waals surface area contributed by atoms with Crippen LogP contribution in [0.3, 0.4) is 0 Å². The van der Waals surface area contributed by atoms with Gasteiger partial charge in [0.15, 0.2) is 0 Å². The first-order valence-corrected chi connectivity index (χ1v) is 17.6. The van der Waals surface area contributed by atoms with Crippen molar-refractivity contribution < 1.29 is 23.2 Å². The number of likely N-dealkylation sites (tertiary alicyclic amines) is 1. The van der Waals surface area contributed by atoms with Gasteiger partial charge in [-0.25, -0.2) is 8.78 Å². The van der Waals surface area contributed by atoms with Crippen LogP contribution < -0.4 is 27.0 Å². The molecule has 2 aromatic carbocycles. The smallest absolute Gasteiger partial charge is 0.274 e. The van der Waals surface area contributed by atoms with Crippen LogP contribution in [-0.2, 0) is 17.9 Å². The average Bonchev–Trinajstić information content (AvgIpc) is 3.12. The number of carbonyl (C=O) groups is 3. The van der Waals surface area contributed by atoms with Gasteiger partial charge in [-0.15, -0.1) is 0 Å². The molecule has 0 aliphatic carbocycles. The molecule has 1 aliphatic rings. The van der Waals surface area contributed by atoms with Crippen molar-refractivity contribution in [2.75, 3.05) is 43.4 Å². The summed E-state index contributed by atoms with van der Waals surface area (Å²) in [7, 11) is 0. The molecule has 5 rings (SSSR count). The van der Waals surface area contributed by atoms with Crippen LogP contribution in [0.2, 0.25) is 5.02 Å². The van der Waals surface area contributed by atoms with E-state index in [0.717, 1.165) is 22.3 Å². The van der Waals surface area contributed by atoms with Crippen LogP contribution in [0.25, 0.3) is 11.1 Å². The SMILES string of the molecule is Cc1c(NC(=O)c2ccc(CNCCNC(=O)CCCN)cn2)cccc1-c1cccc(NC(=O)c2ccc(CN3CCCC(F)(F)C3)cn2)c1Cl. The van der Waals surface area contributed by atoms with Gasteiger partial charge in [-0.05, 0) is 79.4 Å². The third kappa shape index (κ3) is 10.6. The first kappa shape index (κ1) is 38.4. The summed E-state index contributed by atoms with van der Waals surface area (Å²) in [5.74, 6) is -3.55. The molecule has 1 fully saturated rings. The molecule has 3 heterocycles. The molecule has 0 radical (unpaired) electrons. The second-order valence-electron chi connectivity index (χ2n) is 12.7. The Balaban J connectivity index is 1.17. The van der Waals surface area contributed by atoms with E-state index in [4.69, 9.17) is 17.3 Å². The zero-order valence-electron chi connectivity index (χ0n) is 29.0. The lowest BCUT2D eigenvalue weighted by atomic mass is 9.98. The fourth-order valence-corrected chi connectivity index (χ4v) is 6.18. The third-order valence-corrected chi connectivity index (χ3v) is 9.08. The van der Waals surface area contributed by atoms with Crippen molar-refractivity contribution in [2.45, 2.75) is 51.6 Å². The van der Waals surface area contributed by atoms with Crippen LogP contribution in [0.15, 0.2) is 73.1 Å². The molecule has 274 valence electrons. The first-order chi connectivity index (χ1) is 25.0. The van der Waals surface area contributed by atoms with Crippen LogP contribution in [0.5, 0.6) is 0 Å². The molecule has 0 unspecified atom stereocenters. The van der Waals surface area contributed by atoms with E-state index in [1.807, 2.05) is 25.1 Å². The van der Waals surface area contributed by atoms with Crippen LogP contribution >= 0.6 is 11.6 Å². The quantitative estimate of drug-likeness (QED) is 0.0964. The number of alkyl halides is 2. The summed E-state index contributed by atoms with van der Waals surface area (Å²) in [5, 5.41) is 12.1. The Labute approximate surface area is 306 Å². The summed E-state index contributed by atoms with van der Waals surface area (Å²) in [4.78, 5) is 48.2. The van der Waals surface area contributed by atoms with E-state index in [-0.39, 0.29) is 36.2 Å². The summed E-state index contributed by atoms with van der Waals surface area (Å²) < 4.78 is 27.6. The molecule has 3 amide bonds. The van der Waals surface area contributed by atoms with E-state index < -0.39 is 11.8 Å². The second kappa shape index (κ2) is 18.1. The fourth-order valence-electron chi connectivity index (χ4n) is 5.90. The van der Waals surface area contributed by atoms with Gasteiger partial charge in [0.2, 0.25) is 5.91 Å². The second-order valence-corrected chi connectivity index (χ2v) is 13.1. The van der Waals surface area contributed by atoms with E-state index in [2.05, 4.69) is 31.2 Å². The lowest BCUT2D eigenvalue weighted by molar-refractivity contribution is -0.121. The Morgan fingerprint density at radius 3 is 2.19 bits per heavy atom. The molecule has 0 saturated carbocycles. The minimum atomic E-state index is -2.69. The van der Waals surface area contributed by atoms with Gasteiger partial charge in [-0.3, -0.25) is 29.3 Å². The maximum atomic E-state index is 13.8. The molecule has 2 aromatic heterocycles.